The van der Waals surface area contributed by atoms with Crippen LogP contribution in [-0.4, -0.2) is 28.0 Å². The fourth-order valence-electron chi connectivity index (χ4n) is 3.21. The second-order valence-electron chi connectivity index (χ2n) is 6.53. The zero-order chi connectivity index (χ0) is 20.4. The fraction of sp³-hybridized carbons (Fsp3) is 0.238. The van der Waals surface area contributed by atoms with Gasteiger partial charge in [-0.25, -0.2) is 4.39 Å². The standard InChI is InChI=1S/C21H20ClFN2O3/c1-3-10-24-18(27)11-15-12(2)25(16-8-9-17(26)20(23)19(15)16)21(28)13-4-6-14(22)7-5-13/h4-9,26H,3,10-11H2,1-2H3,(H,24,27). The SMILES string of the molecule is CCCNC(=O)Cc1c(C)n(C(=O)c2ccc(Cl)cc2)c2ccc(O)c(F)c12. The van der Waals surface area contributed by atoms with Crippen molar-refractivity contribution in [2.24, 2.45) is 0 Å². The number of fused-ring (bicyclic) bond motifs is 1. The maximum absolute atomic E-state index is 14.7. The number of nitrogens with one attached hydrogen (secondary N) is 1. The Labute approximate surface area is 166 Å². The highest BCUT2D eigenvalue weighted by Crippen LogP contribution is 2.33. The van der Waals surface area contributed by atoms with E-state index in [1.165, 1.54) is 16.7 Å². The van der Waals surface area contributed by atoms with E-state index in [9.17, 15) is 19.1 Å². The Balaban J connectivity index is 2.17. The average Bonchev–Trinajstić information content (AvgIpc) is 2.95. The van der Waals surface area contributed by atoms with Gasteiger partial charge in [-0.1, -0.05) is 18.5 Å². The third-order valence-corrected chi connectivity index (χ3v) is 4.87. The summed E-state index contributed by atoms with van der Waals surface area (Å²) in [5.74, 6) is -2.02. The lowest BCUT2D eigenvalue weighted by atomic mass is 10.1. The molecule has 0 aliphatic rings. The highest BCUT2D eigenvalue weighted by atomic mass is 35.5. The molecule has 2 aromatic carbocycles. The molecule has 0 saturated carbocycles. The second-order valence-corrected chi connectivity index (χ2v) is 6.97. The van der Waals surface area contributed by atoms with Gasteiger partial charge in [0.15, 0.2) is 11.6 Å². The Kier molecular flexibility index (Phi) is 5.70. The first-order valence-corrected chi connectivity index (χ1v) is 9.31. The Morgan fingerprint density at radius 3 is 2.50 bits per heavy atom. The van der Waals surface area contributed by atoms with Gasteiger partial charge in [0.1, 0.15) is 0 Å². The lowest BCUT2D eigenvalue weighted by Gasteiger charge is -2.08. The van der Waals surface area contributed by atoms with Crippen LogP contribution < -0.4 is 5.32 Å². The molecule has 3 aromatic rings. The van der Waals surface area contributed by atoms with Gasteiger partial charge in [-0.3, -0.25) is 14.2 Å². The molecule has 0 spiro atoms. The van der Waals surface area contributed by atoms with Crippen LogP contribution in [0.5, 0.6) is 5.75 Å². The van der Waals surface area contributed by atoms with Gasteiger partial charge in [0.05, 0.1) is 11.9 Å². The van der Waals surface area contributed by atoms with E-state index in [0.29, 0.717) is 33.9 Å². The van der Waals surface area contributed by atoms with Crippen LogP contribution in [0.15, 0.2) is 36.4 Å². The van der Waals surface area contributed by atoms with E-state index in [0.717, 1.165) is 6.42 Å². The molecule has 0 fully saturated rings. The van der Waals surface area contributed by atoms with Crippen molar-refractivity contribution < 1.29 is 19.1 Å². The van der Waals surface area contributed by atoms with Crippen molar-refractivity contribution in [3.05, 3.63) is 64.1 Å². The number of phenols is 1. The van der Waals surface area contributed by atoms with Crippen molar-refractivity contribution in [2.75, 3.05) is 6.54 Å². The topological polar surface area (TPSA) is 71.3 Å². The smallest absolute Gasteiger partial charge is 0.262 e. The quantitative estimate of drug-likeness (QED) is 0.671. The van der Waals surface area contributed by atoms with Gasteiger partial charge in [-0.15, -0.1) is 0 Å². The first kappa shape index (κ1) is 19.9. The lowest BCUT2D eigenvalue weighted by Crippen LogP contribution is -2.26. The van der Waals surface area contributed by atoms with Crippen molar-refractivity contribution in [2.45, 2.75) is 26.7 Å². The molecule has 0 saturated heterocycles. The van der Waals surface area contributed by atoms with Crippen LogP contribution in [0.25, 0.3) is 10.9 Å². The van der Waals surface area contributed by atoms with Crippen LogP contribution in [0.3, 0.4) is 0 Å². The van der Waals surface area contributed by atoms with E-state index in [1.807, 2.05) is 6.92 Å². The normalized spacial score (nSPS) is 11.0. The van der Waals surface area contributed by atoms with Gasteiger partial charge >= 0.3 is 0 Å². The Bertz CT molecular complexity index is 1060. The highest BCUT2D eigenvalue weighted by molar-refractivity contribution is 6.30. The largest absolute Gasteiger partial charge is 0.505 e. The number of halogens is 2. The third kappa shape index (κ3) is 3.60. The average molecular weight is 403 g/mol. The van der Waals surface area contributed by atoms with Crippen molar-refractivity contribution in [1.29, 1.82) is 0 Å². The number of amides is 1. The van der Waals surface area contributed by atoms with Crippen molar-refractivity contribution >= 4 is 34.3 Å². The van der Waals surface area contributed by atoms with Crippen molar-refractivity contribution in [3.63, 3.8) is 0 Å². The van der Waals surface area contributed by atoms with Gasteiger partial charge in [0, 0.05) is 28.2 Å². The zero-order valence-corrected chi connectivity index (χ0v) is 16.3. The molecule has 0 atom stereocenters. The van der Waals surface area contributed by atoms with Gasteiger partial charge in [0.2, 0.25) is 5.91 Å². The minimum atomic E-state index is -0.846. The van der Waals surface area contributed by atoms with E-state index < -0.39 is 11.6 Å². The van der Waals surface area contributed by atoms with Crippen molar-refractivity contribution in [1.82, 2.24) is 9.88 Å². The molecule has 2 N–H and O–H groups in total. The van der Waals surface area contributed by atoms with E-state index in [4.69, 9.17) is 11.6 Å². The zero-order valence-electron chi connectivity index (χ0n) is 15.6. The Morgan fingerprint density at radius 1 is 1.18 bits per heavy atom. The van der Waals surface area contributed by atoms with Crippen LogP contribution in [0.1, 0.15) is 35.0 Å². The van der Waals surface area contributed by atoms with Crippen LogP contribution in [0.2, 0.25) is 5.02 Å². The molecule has 1 amide bonds. The van der Waals surface area contributed by atoms with Crippen LogP contribution >= 0.6 is 11.6 Å². The molecule has 1 aromatic heterocycles. The van der Waals surface area contributed by atoms with Gasteiger partial charge in [0.25, 0.3) is 5.91 Å². The van der Waals surface area contributed by atoms with E-state index in [2.05, 4.69) is 5.32 Å². The van der Waals surface area contributed by atoms with Gasteiger partial charge < -0.3 is 10.4 Å². The number of aromatic hydroxyl groups is 1. The number of aromatic nitrogens is 1. The van der Waals surface area contributed by atoms with Gasteiger partial charge in [-0.05, 0) is 55.3 Å². The molecule has 28 heavy (non-hydrogen) atoms. The molecule has 0 aliphatic carbocycles. The Morgan fingerprint density at radius 2 is 1.86 bits per heavy atom. The van der Waals surface area contributed by atoms with E-state index in [1.54, 1.807) is 31.2 Å². The van der Waals surface area contributed by atoms with Crippen LogP contribution in [0.4, 0.5) is 4.39 Å². The maximum Gasteiger partial charge on any atom is 0.262 e. The lowest BCUT2D eigenvalue weighted by molar-refractivity contribution is -0.120. The summed E-state index contributed by atoms with van der Waals surface area (Å²) in [6.45, 7) is 4.10. The molecular weight excluding hydrogens is 383 g/mol. The summed E-state index contributed by atoms with van der Waals surface area (Å²) < 4.78 is 16.1. The predicted molar refractivity (Wildman–Crippen MR) is 106 cm³/mol. The van der Waals surface area contributed by atoms with E-state index in [-0.39, 0.29) is 23.6 Å². The summed E-state index contributed by atoms with van der Waals surface area (Å²) in [4.78, 5) is 25.3. The predicted octanol–water partition coefficient (Wildman–Crippen LogP) is 4.21. The molecule has 0 unspecified atom stereocenters. The monoisotopic (exact) mass is 402 g/mol. The number of carbonyl (C=O) groups excluding carboxylic acids is 2. The van der Waals surface area contributed by atoms with E-state index >= 15 is 0 Å². The highest BCUT2D eigenvalue weighted by Gasteiger charge is 2.24. The number of phenolic OH excluding ortho intramolecular Hbond substituents is 1. The van der Waals surface area contributed by atoms with Crippen LogP contribution in [-0.2, 0) is 11.2 Å². The summed E-state index contributed by atoms with van der Waals surface area (Å²) in [6.07, 6.45) is 0.681. The number of hydrogen-bond donors (Lipinski definition) is 2. The molecule has 1 heterocycles. The molecule has 0 bridgehead atoms. The summed E-state index contributed by atoms with van der Waals surface area (Å²) in [6, 6.07) is 9.04. The van der Waals surface area contributed by atoms with Crippen LogP contribution in [0, 0.1) is 12.7 Å². The number of nitrogens with zero attached hydrogens (tertiary/aromatic N) is 1. The summed E-state index contributed by atoms with van der Waals surface area (Å²) >= 11 is 5.89. The minimum Gasteiger partial charge on any atom is -0.505 e. The molecular formula is C21H20ClFN2O3. The number of hydrogen-bond acceptors (Lipinski definition) is 3. The molecule has 0 radical (unpaired) electrons. The summed E-state index contributed by atoms with van der Waals surface area (Å²) in [7, 11) is 0. The minimum absolute atomic E-state index is 0.0754. The molecule has 3 rings (SSSR count). The number of benzene rings is 2. The second kappa shape index (κ2) is 8.02. The third-order valence-electron chi connectivity index (χ3n) is 4.62. The Hall–Kier alpha value is -2.86. The maximum atomic E-state index is 14.7. The van der Waals surface area contributed by atoms with Gasteiger partial charge in [-0.2, -0.15) is 0 Å². The summed E-state index contributed by atoms with van der Waals surface area (Å²) in [5.41, 5.74) is 1.50. The summed E-state index contributed by atoms with van der Waals surface area (Å²) in [5, 5.41) is 13.1. The number of carbonyl (C=O) groups is 2. The molecule has 146 valence electrons. The molecule has 5 nitrogen and oxygen atoms in total. The molecule has 0 aliphatic heterocycles. The molecule has 7 heteroatoms. The first-order valence-electron chi connectivity index (χ1n) is 8.93. The van der Waals surface area contributed by atoms with Crippen molar-refractivity contribution in [3.8, 4) is 5.75 Å². The number of rotatable bonds is 5. The fourth-order valence-corrected chi connectivity index (χ4v) is 3.34. The first-order chi connectivity index (χ1) is 13.3.